The first-order valence-corrected chi connectivity index (χ1v) is 8.12. The maximum atomic E-state index is 11.3. The van der Waals surface area contributed by atoms with Gasteiger partial charge in [0.05, 0.1) is 16.6 Å². The summed E-state index contributed by atoms with van der Waals surface area (Å²) in [7, 11) is -3.20. The van der Waals surface area contributed by atoms with Crippen molar-refractivity contribution in [3.05, 3.63) is 18.2 Å². The van der Waals surface area contributed by atoms with Gasteiger partial charge in [0, 0.05) is 6.26 Å². The maximum Gasteiger partial charge on any atom is 0.177 e. The van der Waals surface area contributed by atoms with Crippen LogP contribution < -0.4 is 0 Å². The maximum absolute atomic E-state index is 11.3. The molecule has 1 heterocycles. The third-order valence-corrected chi connectivity index (χ3v) is 3.32. The van der Waals surface area contributed by atoms with Crippen LogP contribution in [0.5, 0.6) is 0 Å². The Balaban J connectivity index is 0.000000581. The molecular weight excluding hydrogens is 256 g/mol. The van der Waals surface area contributed by atoms with E-state index in [1.807, 2.05) is 27.7 Å². The van der Waals surface area contributed by atoms with Crippen molar-refractivity contribution in [1.29, 1.82) is 0 Å². The first-order chi connectivity index (χ1) is 8.09. The highest BCUT2D eigenvalue weighted by atomic mass is 32.2. The molecular formula is C11H18N2O2S2. The Morgan fingerprint density at radius 2 is 1.65 bits per heavy atom. The second kappa shape index (κ2) is 7.34. The van der Waals surface area contributed by atoms with Crippen LogP contribution in [0.2, 0.25) is 0 Å². The molecule has 0 fully saturated rings. The lowest BCUT2D eigenvalue weighted by Crippen LogP contribution is -1.97. The molecule has 0 bridgehead atoms. The first-order valence-electron chi connectivity index (χ1n) is 5.50. The molecule has 0 saturated carbocycles. The van der Waals surface area contributed by atoms with E-state index in [1.165, 1.54) is 6.26 Å². The lowest BCUT2D eigenvalue weighted by molar-refractivity contribution is 0.602. The van der Waals surface area contributed by atoms with Crippen molar-refractivity contribution in [2.75, 3.05) is 6.26 Å². The predicted molar refractivity (Wildman–Crippen MR) is 73.2 cm³/mol. The molecule has 1 aromatic carbocycles. The molecule has 1 aromatic heterocycles. The Morgan fingerprint density at radius 1 is 1.06 bits per heavy atom. The van der Waals surface area contributed by atoms with Crippen molar-refractivity contribution in [1.82, 2.24) is 8.75 Å². The van der Waals surface area contributed by atoms with Gasteiger partial charge in [-0.25, -0.2) is 8.42 Å². The number of rotatable bonds is 1. The van der Waals surface area contributed by atoms with Crippen LogP contribution in [0.25, 0.3) is 11.0 Å². The van der Waals surface area contributed by atoms with Crippen LogP contribution in [0, 0.1) is 0 Å². The van der Waals surface area contributed by atoms with Gasteiger partial charge >= 0.3 is 0 Å². The summed E-state index contributed by atoms with van der Waals surface area (Å²) in [6.45, 7) is 8.00. The average molecular weight is 274 g/mol. The molecule has 17 heavy (non-hydrogen) atoms. The van der Waals surface area contributed by atoms with Crippen molar-refractivity contribution in [2.45, 2.75) is 32.6 Å². The van der Waals surface area contributed by atoms with Crippen molar-refractivity contribution in [3.8, 4) is 0 Å². The summed E-state index contributed by atoms with van der Waals surface area (Å²) in [5, 5.41) is 0. The highest BCUT2D eigenvalue weighted by molar-refractivity contribution is 7.91. The van der Waals surface area contributed by atoms with Gasteiger partial charge in [0.15, 0.2) is 9.84 Å². The molecule has 2 aromatic rings. The van der Waals surface area contributed by atoms with Gasteiger partial charge in [0.1, 0.15) is 11.0 Å². The summed E-state index contributed by atoms with van der Waals surface area (Å²) in [5.74, 6) is 0. The van der Waals surface area contributed by atoms with Gasteiger partial charge in [-0.3, -0.25) is 0 Å². The molecule has 4 nitrogen and oxygen atoms in total. The summed E-state index contributed by atoms with van der Waals surface area (Å²) < 4.78 is 30.5. The molecule has 0 radical (unpaired) electrons. The Labute approximate surface area is 107 Å². The summed E-state index contributed by atoms with van der Waals surface area (Å²) in [4.78, 5) is 0.249. The van der Waals surface area contributed by atoms with E-state index < -0.39 is 9.84 Å². The Hall–Kier alpha value is -1.01. The van der Waals surface area contributed by atoms with E-state index in [4.69, 9.17) is 0 Å². The largest absolute Gasteiger partial charge is 0.224 e. The SMILES string of the molecule is CC.CC.CS(=O)(=O)c1cccc2nsnc12. The number of fused-ring (bicyclic) bond motifs is 1. The Kier molecular flexibility index (Phi) is 6.91. The van der Waals surface area contributed by atoms with Gasteiger partial charge in [-0.05, 0) is 12.1 Å². The van der Waals surface area contributed by atoms with Gasteiger partial charge in [-0.15, -0.1) is 0 Å². The third-order valence-electron chi connectivity index (χ3n) is 1.65. The standard InChI is InChI=1S/C7H6N2O2S2.2C2H6/c1-13(10,11)6-4-2-3-5-7(6)9-12-8-5;2*1-2/h2-4H,1H3;2*1-2H3. The summed E-state index contributed by atoms with van der Waals surface area (Å²) >= 11 is 1.02. The molecule has 6 heteroatoms. The molecule has 0 amide bonds. The van der Waals surface area contributed by atoms with E-state index in [1.54, 1.807) is 18.2 Å². The minimum absolute atomic E-state index is 0.249. The van der Waals surface area contributed by atoms with Crippen LogP contribution in [-0.4, -0.2) is 23.4 Å². The van der Waals surface area contributed by atoms with Crippen LogP contribution in [0.4, 0.5) is 0 Å². The first kappa shape index (κ1) is 16.0. The number of benzene rings is 1. The van der Waals surface area contributed by atoms with Gasteiger partial charge in [0.25, 0.3) is 0 Å². The molecule has 2 rings (SSSR count). The van der Waals surface area contributed by atoms with Gasteiger partial charge in [-0.2, -0.15) is 8.75 Å². The average Bonchev–Trinajstić information content (AvgIpc) is 2.80. The van der Waals surface area contributed by atoms with Crippen LogP contribution in [0.1, 0.15) is 27.7 Å². The normalized spacial score (nSPS) is 9.94. The smallest absolute Gasteiger partial charge is 0.177 e. The van der Waals surface area contributed by atoms with Gasteiger partial charge in [0.2, 0.25) is 0 Å². The molecule has 0 N–H and O–H groups in total. The lowest BCUT2D eigenvalue weighted by Gasteiger charge is -1.96. The number of aromatic nitrogens is 2. The molecule has 0 aliphatic heterocycles. The third kappa shape index (κ3) is 4.05. The highest BCUT2D eigenvalue weighted by Gasteiger charge is 2.13. The topological polar surface area (TPSA) is 59.9 Å². The number of nitrogens with zero attached hydrogens (tertiary/aromatic N) is 2. The molecule has 0 saturated heterocycles. The monoisotopic (exact) mass is 274 g/mol. The van der Waals surface area contributed by atoms with Gasteiger partial charge in [-0.1, -0.05) is 33.8 Å². The zero-order valence-electron chi connectivity index (χ0n) is 10.8. The van der Waals surface area contributed by atoms with E-state index in [-0.39, 0.29) is 4.90 Å². The van der Waals surface area contributed by atoms with E-state index in [0.29, 0.717) is 11.0 Å². The van der Waals surface area contributed by atoms with Gasteiger partial charge < -0.3 is 0 Å². The number of sulfone groups is 1. The van der Waals surface area contributed by atoms with E-state index in [0.717, 1.165) is 11.7 Å². The molecule has 96 valence electrons. The summed E-state index contributed by atoms with van der Waals surface area (Å²) in [6, 6.07) is 4.95. The second-order valence-corrected chi connectivity index (χ2v) is 5.17. The fourth-order valence-corrected chi connectivity index (χ4v) is 2.52. The van der Waals surface area contributed by atoms with Crippen LogP contribution in [-0.2, 0) is 9.84 Å². The zero-order chi connectivity index (χ0) is 13.5. The minimum atomic E-state index is -3.20. The van der Waals surface area contributed by atoms with Crippen molar-refractivity contribution >= 4 is 32.6 Å². The number of hydrogen-bond acceptors (Lipinski definition) is 5. The van der Waals surface area contributed by atoms with Crippen molar-refractivity contribution in [3.63, 3.8) is 0 Å². The summed E-state index contributed by atoms with van der Waals surface area (Å²) in [6.07, 6.45) is 1.17. The highest BCUT2D eigenvalue weighted by Crippen LogP contribution is 2.20. The lowest BCUT2D eigenvalue weighted by atomic mass is 10.3. The quantitative estimate of drug-likeness (QED) is 0.801. The van der Waals surface area contributed by atoms with Crippen molar-refractivity contribution < 1.29 is 8.42 Å². The van der Waals surface area contributed by atoms with Crippen molar-refractivity contribution in [2.24, 2.45) is 0 Å². The molecule has 0 spiro atoms. The summed E-state index contributed by atoms with van der Waals surface area (Å²) in [5.41, 5.74) is 1.10. The molecule has 0 unspecified atom stereocenters. The van der Waals surface area contributed by atoms with E-state index >= 15 is 0 Å². The molecule has 0 aliphatic rings. The number of hydrogen-bond donors (Lipinski definition) is 0. The minimum Gasteiger partial charge on any atom is -0.224 e. The van der Waals surface area contributed by atoms with Crippen LogP contribution in [0.3, 0.4) is 0 Å². The van der Waals surface area contributed by atoms with Crippen LogP contribution >= 0.6 is 11.7 Å². The molecule has 0 atom stereocenters. The molecule has 0 aliphatic carbocycles. The predicted octanol–water partition coefficient (Wildman–Crippen LogP) is 3.15. The van der Waals surface area contributed by atoms with Crippen LogP contribution in [0.15, 0.2) is 23.1 Å². The fourth-order valence-electron chi connectivity index (χ4n) is 1.08. The second-order valence-electron chi connectivity index (χ2n) is 2.66. The zero-order valence-corrected chi connectivity index (χ0v) is 12.4. The van der Waals surface area contributed by atoms with E-state index in [9.17, 15) is 8.42 Å². The Bertz CT molecular complexity index is 547. The van der Waals surface area contributed by atoms with E-state index in [2.05, 4.69) is 8.75 Å². The Morgan fingerprint density at radius 3 is 2.18 bits per heavy atom. The fraction of sp³-hybridized carbons (Fsp3) is 0.455.